The number of benzene rings is 2. The number of carbonyl (C=O) groups excluding carboxylic acids is 2. The van der Waals surface area contributed by atoms with Crippen molar-refractivity contribution in [3.8, 4) is 11.8 Å². The summed E-state index contributed by atoms with van der Waals surface area (Å²) in [5.41, 5.74) is -0.732. The standard InChI is InChI=1S/C31H40N4O4/c1-22(13-12-18-35(27(36)38-29(2,3)4)28(37)39-30(5,6)7)31(8,20-32)26-19-34(21-33-26)25-17-11-15-23-14-9-10-16-24(23)25/h9-11,14-17,19,21-22H,12-13,18H2,1-8H3. The quantitative estimate of drug-likeness (QED) is 0.315. The number of ether oxygens (including phenoxy) is 2. The molecule has 8 heteroatoms. The second kappa shape index (κ2) is 11.5. The molecule has 2 atom stereocenters. The smallest absolute Gasteiger partial charge is 0.419 e. The van der Waals surface area contributed by atoms with Crippen molar-refractivity contribution in [2.75, 3.05) is 6.54 Å². The van der Waals surface area contributed by atoms with Crippen molar-refractivity contribution in [3.05, 3.63) is 60.7 Å². The summed E-state index contributed by atoms with van der Waals surface area (Å²) in [5.74, 6) is -0.113. The molecule has 3 aromatic rings. The maximum absolute atomic E-state index is 12.8. The van der Waals surface area contributed by atoms with E-state index in [1.54, 1.807) is 47.9 Å². The zero-order valence-electron chi connectivity index (χ0n) is 24.3. The Morgan fingerprint density at radius 3 is 2.15 bits per heavy atom. The Bertz CT molecular complexity index is 1330. The van der Waals surface area contributed by atoms with Crippen LogP contribution in [0.2, 0.25) is 0 Å². The van der Waals surface area contributed by atoms with Gasteiger partial charge in [0, 0.05) is 18.1 Å². The molecule has 0 saturated carbocycles. The van der Waals surface area contributed by atoms with Crippen LogP contribution in [-0.4, -0.2) is 44.4 Å². The van der Waals surface area contributed by atoms with E-state index in [9.17, 15) is 14.9 Å². The zero-order valence-corrected chi connectivity index (χ0v) is 24.3. The fourth-order valence-electron chi connectivity index (χ4n) is 4.31. The van der Waals surface area contributed by atoms with Gasteiger partial charge in [0.25, 0.3) is 0 Å². The molecule has 39 heavy (non-hydrogen) atoms. The molecule has 3 rings (SSSR count). The summed E-state index contributed by atoms with van der Waals surface area (Å²) in [6.45, 7) is 14.5. The summed E-state index contributed by atoms with van der Waals surface area (Å²) in [4.78, 5) is 31.2. The van der Waals surface area contributed by atoms with Crippen molar-refractivity contribution >= 4 is 23.0 Å². The third kappa shape index (κ3) is 7.38. The van der Waals surface area contributed by atoms with E-state index in [4.69, 9.17) is 9.47 Å². The maximum Gasteiger partial charge on any atom is 0.419 e. The molecule has 0 N–H and O–H groups in total. The van der Waals surface area contributed by atoms with E-state index in [0.717, 1.165) is 21.4 Å². The van der Waals surface area contributed by atoms with Crippen LogP contribution in [0, 0.1) is 17.2 Å². The maximum atomic E-state index is 12.8. The molecule has 1 aromatic heterocycles. The molecule has 2 unspecified atom stereocenters. The molecule has 1 heterocycles. The molecule has 0 aliphatic carbocycles. The van der Waals surface area contributed by atoms with Crippen LogP contribution < -0.4 is 0 Å². The minimum absolute atomic E-state index is 0.111. The van der Waals surface area contributed by atoms with Gasteiger partial charge in [0.1, 0.15) is 16.6 Å². The predicted octanol–water partition coefficient (Wildman–Crippen LogP) is 7.40. The highest BCUT2D eigenvalue weighted by molar-refractivity contribution is 5.90. The topological polar surface area (TPSA) is 97.5 Å². The highest BCUT2D eigenvalue weighted by Gasteiger charge is 2.36. The van der Waals surface area contributed by atoms with Crippen molar-refractivity contribution in [1.29, 1.82) is 5.26 Å². The second-order valence-corrected chi connectivity index (χ2v) is 12.1. The van der Waals surface area contributed by atoms with Crippen molar-refractivity contribution in [2.45, 2.75) is 84.8 Å². The molecule has 0 radical (unpaired) electrons. The Labute approximate surface area is 231 Å². The number of hydrogen-bond donors (Lipinski definition) is 0. The first kappa shape index (κ1) is 29.7. The van der Waals surface area contributed by atoms with Gasteiger partial charge in [-0.2, -0.15) is 5.26 Å². The largest absolute Gasteiger partial charge is 0.443 e. The van der Waals surface area contributed by atoms with Crippen molar-refractivity contribution in [2.24, 2.45) is 5.92 Å². The summed E-state index contributed by atoms with van der Waals surface area (Å²) in [6, 6.07) is 16.7. The van der Waals surface area contributed by atoms with E-state index >= 15 is 0 Å². The number of imidazole rings is 1. The van der Waals surface area contributed by atoms with Gasteiger partial charge >= 0.3 is 12.2 Å². The molecular weight excluding hydrogens is 492 g/mol. The first-order valence-corrected chi connectivity index (χ1v) is 13.3. The predicted molar refractivity (Wildman–Crippen MR) is 152 cm³/mol. The fraction of sp³-hybridized carbons (Fsp3) is 0.484. The van der Waals surface area contributed by atoms with Gasteiger partial charge in [0.05, 0.1) is 23.8 Å². The van der Waals surface area contributed by atoms with Crippen LogP contribution in [0.1, 0.15) is 73.9 Å². The minimum atomic E-state index is -0.876. The van der Waals surface area contributed by atoms with Gasteiger partial charge in [-0.25, -0.2) is 19.5 Å². The molecule has 8 nitrogen and oxygen atoms in total. The lowest BCUT2D eigenvalue weighted by Gasteiger charge is -2.30. The second-order valence-electron chi connectivity index (χ2n) is 12.1. The third-order valence-electron chi connectivity index (χ3n) is 6.62. The average molecular weight is 533 g/mol. The van der Waals surface area contributed by atoms with Gasteiger partial charge in [-0.1, -0.05) is 43.3 Å². The Balaban J connectivity index is 1.76. The van der Waals surface area contributed by atoms with Gasteiger partial charge < -0.3 is 14.0 Å². The van der Waals surface area contributed by atoms with Crippen molar-refractivity contribution < 1.29 is 19.1 Å². The lowest BCUT2D eigenvalue weighted by Crippen LogP contribution is -2.44. The molecule has 0 saturated heterocycles. The Kier molecular flexibility index (Phi) is 8.74. The Morgan fingerprint density at radius 1 is 0.974 bits per heavy atom. The number of carbonyl (C=O) groups is 2. The third-order valence-corrected chi connectivity index (χ3v) is 6.62. The van der Waals surface area contributed by atoms with E-state index in [2.05, 4.69) is 29.3 Å². The molecule has 2 aromatic carbocycles. The highest BCUT2D eigenvalue weighted by Crippen LogP contribution is 2.34. The van der Waals surface area contributed by atoms with Gasteiger partial charge in [0.15, 0.2) is 0 Å². The first-order valence-electron chi connectivity index (χ1n) is 13.3. The van der Waals surface area contributed by atoms with Crippen LogP contribution in [0.25, 0.3) is 16.5 Å². The van der Waals surface area contributed by atoms with Crippen molar-refractivity contribution in [3.63, 3.8) is 0 Å². The molecule has 0 spiro atoms. The van der Waals surface area contributed by atoms with Gasteiger partial charge in [0.2, 0.25) is 0 Å². The average Bonchev–Trinajstić information content (AvgIpc) is 3.34. The number of rotatable bonds is 7. The monoisotopic (exact) mass is 532 g/mol. The van der Waals surface area contributed by atoms with E-state index in [1.807, 2.05) is 48.9 Å². The molecule has 0 aliphatic heterocycles. The summed E-state index contributed by atoms with van der Waals surface area (Å²) in [5, 5.41) is 12.5. The number of amides is 2. The number of fused-ring (bicyclic) bond motifs is 1. The Morgan fingerprint density at radius 2 is 1.56 bits per heavy atom. The van der Waals surface area contributed by atoms with Gasteiger partial charge in [-0.15, -0.1) is 0 Å². The number of hydrogen-bond acceptors (Lipinski definition) is 6. The Hall–Kier alpha value is -3.86. The molecule has 0 bridgehead atoms. The van der Waals surface area contributed by atoms with E-state index < -0.39 is 28.8 Å². The summed E-state index contributed by atoms with van der Waals surface area (Å²) in [6.07, 6.45) is 3.21. The van der Waals surface area contributed by atoms with E-state index in [0.29, 0.717) is 18.5 Å². The van der Waals surface area contributed by atoms with Gasteiger partial charge in [-0.05, 0) is 78.7 Å². The van der Waals surface area contributed by atoms with Crippen molar-refractivity contribution in [1.82, 2.24) is 14.5 Å². The SMILES string of the molecule is CC(CCCN(C(=O)OC(C)(C)C)C(=O)OC(C)(C)C)C(C)(C#N)c1cn(-c2cccc3ccccc23)cn1. The molecular formula is C31H40N4O4. The lowest BCUT2D eigenvalue weighted by molar-refractivity contribution is 0.000946. The molecule has 2 amide bonds. The summed E-state index contributed by atoms with van der Waals surface area (Å²) < 4.78 is 12.8. The van der Waals surface area contributed by atoms with E-state index in [-0.39, 0.29) is 12.5 Å². The number of nitrogens with zero attached hydrogens (tertiary/aromatic N) is 4. The first-order chi connectivity index (χ1) is 18.1. The van der Waals surface area contributed by atoms with Crippen LogP contribution in [0.3, 0.4) is 0 Å². The molecule has 0 aliphatic rings. The fourth-order valence-corrected chi connectivity index (χ4v) is 4.31. The van der Waals surface area contributed by atoms with Crippen LogP contribution in [-0.2, 0) is 14.9 Å². The van der Waals surface area contributed by atoms with Crippen LogP contribution in [0.5, 0.6) is 0 Å². The van der Waals surface area contributed by atoms with Gasteiger partial charge in [-0.3, -0.25) is 0 Å². The molecule has 0 fully saturated rings. The summed E-state index contributed by atoms with van der Waals surface area (Å²) in [7, 11) is 0. The lowest BCUT2D eigenvalue weighted by atomic mass is 9.75. The van der Waals surface area contributed by atoms with Crippen LogP contribution >= 0.6 is 0 Å². The molecule has 208 valence electrons. The highest BCUT2D eigenvalue weighted by atomic mass is 16.6. The number of aromatic nitrogens is 2. The number of imide groups is 1. The minimum Gasteiger partial charge on any atom is -0.443 e. The van der Waals surface area contributed by atoms with Crippen LogP contribution in [0.15, 0.2) is 55.0 Å². The normalized spacial score (nSPS) is 14.2. The zero-order chi connectivity index (χ0) is 29.0. The summed E-state index contributed by atoms with van der Waals surface area (Å²) >= 11 is 0. The van der Waals surface area contributed by atoms with Crippen LogP contribution in [0.4, 0.5) is 9.59 Å². The number of nitriles is 1. The van der Waals surface area contributed by atoms with E-state index in [1.165, 1.54) is 0 Å².